The predicted octanol–water partition coefficient (Wildman–Crippen LogP) is 2.72. The number of aromatic carboxylic acids is 1. The number of carbonyl (C=O) groups is 1. The van der Waals surface area contributed by atoms with Crippen LogP contribution in [0.15, 0.2) is 24.3 Å². The minimum absolute atomic E-state index is 0.181. The molecular weight excluding hydrogens is 251 g/mol. The van der Waals surface area contributed by atoms with Gasteiger partial charge in [-0.05, 0) is 26.0 Å². The number of aromatic nitrogens is 2. The monoisotopic (exact) mass is 262 g/mol. The number of ether oxygens (including phenoxy) is 1. The summed E-state index contributed by atoms with van der Waals surface area (Å²) >= 11 is 0. The summed E-state index contributed by atoms with van der Waals surface area (Å²) in [4.78, 5) is 18.8. The molecule has 6 heteroatoms. The van der Waals surface area contributed by atoms with Gasteiger partial charge in [-0.2, -0.15) is 4.98 Å². The molecular formula is C13H11FN2O3. The third-order valence-corrected chi connectivity index (χ3v) is 2.34. The summed E-state index contributed by atoms with van der Waals surface area (Å²) < 4.78 is 18.8. The standard InChI is InChI=1S/C13H11FN2O3/c1-7-5-12(16-8(2)15-7)19-9-3-4-10(13(17)18)11(14)6-9/h3-6H,1-2H3,(H,17,18). The molecule has 98 valence electrons. The van der Waals surface area contributed by atoms with Gasteiger partial charge in [-0.1, -0.05) is 0 Å². The summed E-state index contributed by atoms with van der Waals surface area (Å²) in [5.74, 6) is -1.17. The van der Waals surface area contributed by atoms with Crippen molar-refractivity contribution in [3.05, 3.63) is 47.2 Å². The van der Waals surface area contributed by atoms with E-state index in [1.165, 1.54) is 6.07 Å². The summed E-state index contributed by atoms with van der Waals surface area (Å²) in [5.41, 5.74) is 0.326. The number of nitrogens with zero attached hydrogens (tertiary/aromatic N) is 2. The van der Waals surface area contributed by atoms with Crippen molar-refractivity contribution >= 4 is 5.97 Å². The van der Waals surface area contributed by atoms with E-state index in [0.717, 1.165) is 17.8 Å². The highest BCUT2D eigenvalue weighted by Gasteiger charge is 2.11. The Labute approximate surface area is 108 Å². The van der Waals surface area contributed by atoms with Crippen molar-refractivity contribution < 1.29 is 19.0 Å². The lowest BCUT2D eigenvalue weighted by Gasteiger charge is -2.07. The van der Waals surface area contributed by atoms with Crippen LogP contribution in [-0.2, 0) is 0 Å². The van der Waals surface area contributed by atoms with Crippen LogP contribution in [0.1, 0.15) is 21.9 Å². The largest absolute Gasteiger partial charge is 0.478 e. The van der Waals surface area contributed by atoms with Crippen LogP contribution in [0.25, 0.3) is 0 Å². The first-order chi connectivity index (χ1) is 8.95. The van der Waals surface area contributed by atoms with Crippen LogP contribution in [0, 0.1) is 19.7 Å². The number of halogens is 1. The average molecular weight is 262 g/mol. The lowest BCUT2D eigenvalue weighted by molar-refractivity contribution is 0.0692. The predicted molar refractivity (Wildman–Crippen MR) is 64.9 cm³/mol. The molecule has 1 aromatic carbocycles. The second-order valence-corrected chi connectivity index (χ2v) is 3.94. The number of rotatable bonds is 3. The second-order valence-electron chi connectivity index (χ2n) is 3.94. The highest BCUT2D eigenvalue weighted by molar-refractivity contribution is 5.88. The van der Waals surface area contributed by atoms with Crippen LogP contribution in [0.5, 0.6) is 11.6 Å². The van der Waals surface area contributed by atoms with E-state index in [4.69, 9.17) is 9.84 Å². The molecule has 0 aliphatic rings. The number of carboxylic acid groups (broad SMARTS) is 1. The van der Waals surface area contributed by atoms with Gasteiger partial charge < -0.3 is 9.84 Å². The molecule has 0 aliphatic carbocycles. The number of carboxylic acids is 1. The number of hydrogen-bond donors (Lipinski definition) is 1. The molecule has 0 saturated carbocycles. The molecule has 0 radical (unpaired) electrons. The van der Waals surface area contributed by atoms with Crippen LogP contribution < -0.4 is 4.74 Å². The maximum absolute atomic E-state index is 13.5. The van der Waals surface area contributed by atoms with E-state index in [9.17, 15) is 9.18 Å². The smallest absolute Gasteiger partial charge is 0.338 e. The lowest BCUT2D eigenvalue weighted by Crippen LogP contribution is -2.01. The molecule has 1 N–H and O–H groups in total. The lowest BCUT2D eigenvalue weighted by atomic mass is 10.2. The number of hydrogen-bond acceptors (Lipinski definition) is 4. The Balaban J connectivity index is 2.28. The zero-order chi connectivity index (χ0) is 14.0. The maximum Gasteiger partial charge on any atom is 0.338 e. The van der Waals surface area contributed by atoms with E-state index >= 15 is 0 Å². The van der Waals surface area contributed by atoms with Gasteiger partial charge in [0.1, 0.15) is 17.4 Å². The fraction of sp³-hybridized carbons (Fsp3) is 0.154. The zero-order valence-corrected chi connectivity index (χ0v) is 10.3. The van der Waals surface area contributed by atoms with E-state index in [1.54, 1.807) is 19.9 Å². The van der Waals surface area contributed by atoms with E-state index in [-0.39, 0.29) is 11.6 Å². The summed E-state index contributed by atoms with van der Waals surface area (Å²) in [6.07, 6.45) is 0. The summed E-state index contributed by atoms with van der Waals surface area (Å²) in [5, 5.41) is 8.72. The van der Waals surface area contributed by atoms with Crippen molar-refractivity contribution in [2.45, 2.75) is 13.8 Å². The molecule has 0 spiro atoms. The molecule has 19 heavy (non-hydrogen) atoms. The fourth-order valence-corrected chi connectivity index (χ4v) is 1.59. The van der Waals surface area contributed by atoms with E-state index in [1.807, 2.05) is 0 Å². The number of aryl methyl sites for hydroxylation is 2. The van der Waals surface area contributed by atoms with Gasteiger partial charge >= 0.3 is 5.97 Å². The summed E-state index contributed by atoms with van der Waals surface area (Å²) in [6.45, 7) is 3.50. The van der Waals surface area contributed by atoms with Crippen LogP contribution in [0.4, 0.5) is 4.39 Å². The Bertz CT molecular complexity index is 624. The molecule has 0 saturated heterocycles. The van der Waals surface area contributed by atoms with Crippen LogP contribution in [0.2, 0.25) is 0 Å². The van der Waals surface area contributed by atoms with Crippen molar-refractivity contribution in [2.75, 3.05) is 0 Å². The van der Waals surface area contributed by atoms with Crippen molar-refractivity contribution in [3.8, 4) is 11.6 Å². The molecule has 0 unspecified atom stereocenters. The van der Waals surface area contributed by atoms with Gasteiger partial charge in [-0.15, -0.1) is 0 Å². The van der Waals surface area contributed by atoms with Gasteiger partial charge in [0, 0.05) is 17.8 Å². The second kappa shape index (κ2) is 5.01. The minimum atomic E-state index is -1.32. The topological polar surface area (TPSA) is 72.3 Å². The summed E-state index contributed by atoms with van der Waals surface area (Å²) in [7, 11) is 0. The van der Waals surface area contributed by atoms with Gasteiger partial charge in [-0.25, -0.2) is 14.2 Å². The normalized spacial score (nSPS) is 10.3. The number of benzene rings is 1. The van der Waals surface area contributed by atoms with E-state index in [2.05, 4.69) is 9.97 Å². The van der Waals surface area contributed by atoms with E-state index in [0.29, 0.717) is 5.82 Å². The van der Waals surface area contributed by atoms with E-state index < -0.39 is 17.3 Å². The first-order valence-corrected chi connectivity index (χ1v) is 5.48. The molecule has 0 atom stereocenters. The maximum atomic E-state index is 13.5. The Morgan fingerprint density at radius 1 is 1.26 bits per heavy atom. The van der Waals surface area contributed by atoms with Gasteiger partial charge in [-0.3, -0.25) is 0 Å². The first kappa shape index (κ1) is 12.9. The van der Waals surface area contributed by atoms with Crippen LogP contribution >= 0.6 is 0 Å². The van der Waals surface area contributed by atoms with Crippen molar-refractivity contribution in [1.82, 2.24) is 9.97 Å². The zero-order valence-electron chi connectivity index (χ0n) is 10.3. The fourth-order valence-electron chi connectivity index (χ4n) is 1.59. The summed E-state index contributed by atoms with van der Waals surface area (Å²) in [6, 6.07) is 5.14. The molecule has 0 bridgehead atoms. The quantitative estimate of drug-likeness (QED) is 0.920. The van der Waals surface area contributed by atoms with Crippen molar-refractivity contribution in [1.29, 1.82) is 0 Å². The molecule has 0 fully saturated rings. The third kappa shape index (κ3) is 3.04. The molecule has 0 aliphatic heterocycles. The highest BCUT2D eigenvalue weighted by Crippen LogP contribution is 2.22. The molecule has 0 amide bonds. The molecule has 5 nitrogen and oxygen atoms in total. The van der Waals surface area contributed by atoms with Gasteiger partial charge in [0.2, 0.25) is 5.88 Å². The minimum Gasteiger partial charge on any atom is -0.478 e. The third-order valence-electron chi connectivity index (χ3n) is 2.34. The van der Waals surface area contributed by atoms with Crippen LogP contribution in [-0.4, -0.2) is 21.0 Å². The molecule has 1 aromatic heterocycles. The Morgan fingerprint density at radius 2 is 2.00 bits per heavy atom. The van der Waals surface area contributed by atoms with Gasteiger partial charge in [0.15, 0.2) is 0 Å². The molecule has 2 rings (SSSR count). The van der Waals surface area contributed by atoms with Crippen LogP contribution in [0.3, 0.4) is 0 Å². The Kier molecular flexibility index (Phi) is 3.41. The molecule has 1 heterocycles. The Hall–Kier alpha value is -2.50. The van der Waals surface area contributed by atoms with Crippen molar-refractivity contribution in [2.24, 2.45) is 0 Å². The SMILES string of the molecule is Cc1cc(Oc2ccc(C(=O)O)c(F)c2)nc(C)n1. The first-order valence-electron chi connectivity index (χ1n) is 5.48. The van der Waals surface area contributed by atoms with Gasteiger partial charge in [0.05, 0.1) is 5.56 Å². The van der Waals surface area contributed by atoms with Gasteiger partial charge in [0.25, 0.3) is 0 Å². The Morgan fingerprint density at radius 3 is 2.58 bits per heavy atom. The average Bonchev–Trinajstić information content (AvgIpc) is 2.26. The highest BCUT2D eigenvalue weighted by atomic mass is 19.1. The molecule has 2 aromatic rings. The van der Waals surface area contributed by atoms with Crippen molar-refractivity contribution in [3.63, 3.8) is 0 Å².